The number of para-hydroxylation sites is 1. The molecule has 3 aromatic carbocycles. The summed E-state index contributed by atoms with van der Waals surface area (Å²) in [5, 5.41) is 5.98. The van der Waals surface area contributed by atoms with Gasteiger partial charge in [-0.1, -0.05) is 28.8 Å². The highest BCUT2D eigenvalue weighted by atomic mass is 35.5. The van der Waals surface area contributed by atoms with Crippen molar-refractivity contribution in [3.63, 3.8) is 0 Å². The molecule has 0 radical (unpaired) electrons. The van der Waals surface area contributed by atoms with Crippen molar-refractivity contribution in [1.29, 1.82) is 0 Å². The zero-order valence-electron chi connectivity index (χ0n) is 17.1. The molecule has 3 aromatic rings. The van der Waals surface area contributed by atoms with E-state index in [-0.39, 0.29) is 27.8 Å². The van der Waals surface area contributed by atoms with Gasteiger partial charge < -0.3 is 14.8 Å². The average Bonchev–Trinajstić information content (AvgIpc) is 2.80. The summed E-state index contributed by atoms with van der Waals surface area (Å²) in [6.45, 7) is 0. The van der Waals surface area contributed by atoms with Gasteiger partial charge in [-0.2, -0.15) is 5.48 Å². The van der Waals surface area contributed by atoms with Gasteiger partial charge in [-0.05, 0) is 58.6 Å². The molecule has 0 atom stereocenters. The van der Waals surface area contributed by atoms with Crippen molar-refractivity contribution in [3.8, 4) is 17.2 Å². The normalized spacial score (nSPS) is 10.7. The second-order valence-corrected chi connectivity index (χ2v) is 6.89. The minimum Gasteiger partial charge on any atom is -0.497 e. The Balaban J connectivity index is 1.89. The quantitative estimate of drug-likeness (QED) is 0.333. The molecule has 0 saturated heterocycles. The first-order valence-electron chi connectivity index (χ1n) is 9.38. The Kier molecular flexibility index (Phi) is 7.96. The summed E-state index contributed by atoms with van der Waals surface area (Å²) in [6.07, 6.45) is 2.35. The number of carbonyl (C=O) groups is 2. The molecule has 33 heavy (non-hydrogen) atoms. The number of benzene rings is 3. The van der Waals surface area contributed by atoms with E-state index in [9.17, 15) is 18.5 Å². The molecule has 0 saturated carbocycles. The second-order valence-electron chi connectivity index (χ2n) is 6.46. The fraction of sp³-hybridized carbons (Fsp3) is 0.0435. The van der Waals surface area contributed by atoms with Crippen LogP contribution in [-0.4, -0.2) is 18.9 Å². The average molecular weight is 475 g/mol. The van der Waals surface area contributed by atoms with Gasteiger partial charge in [0, 0.05) is 17.2 Å². The molecule has 0 spiro atoms. The van der Waals surface area contributed by atoms with Crippen molar-refractivity contribution in [2.75, 3.05) is 12.4 Å². The van der Waals surface area contributed by atoms with Crippen LogP contribution in [-0.2, 0) is 9.84 Å². The summed E-state index contributed by atoms with van der Waals surface area (Å²) in [5.41, 5.74) is 2.33. The molecule has 0 aliphatic heterocycles. The van der Waals surface area contributed by atoms with Crippen LogP contribution in [0.5, 0.6) is 17.2 Å². The van der Waals surface area contributed by atoms with E-state index in [1.807, 2.05) is 0 Å². The lowest BCUT2D eigenvalue weighted by molar-refractivity contribution is -0.195. The summed E-state index contributed by atoms with van der Waals surface area (Å²) < 4.78 is 36.7. The number of hydrogen-bond donors (Lipinski definition) is 2. The molecule has 2 amide bonds. The largest absolute Gasteiger partial charge is 0.497 e. The number of hydroxylamine groups is 1. The maximum Gasteiger partial charge on any atom is 0.270 e. The van der Waals surface area contributed by atoms with E-state index in [0.717, 1.165) is 12.1 Å². The molecule has 0 heterocycles. The Morgan fingerprint density at radius 2 is 1.82 bits per heavy atom. The van der Waals surface area contributed by atoms with Crippen molar-refractivity contribution in [2.24, 2.45) is 0 Å². The van der Waals surface area contributed by atoms with Crippen molar-refractivity contribution in [2.45, 2.75) is 0 Å². The molecule has 0 aromatic heterocycles. The van der Waals surface area contributed by atoms with Crippen LogP contribution in [0.2, 0.25) is 5.02 Å². The van der Waals surface area contributed by atoms with Crippen LogP contribution in [0.25, 0.3) is 6.08 Å². The number of nitrogens with one attached hydrogen (secondary N) is 2. The molecule has 0 unspecified atom stereocenters. The summed E-state index contributed by atoms with van der Waals surface area (Å²) in [6, 6.07) is 14.9. The maximum absolute atomic E-state index is 14.2. The Labute approximate surface area is 192 Å². The molecule has 10 heteroatoms. The number of amides is 2. The van der Waals surface area contributed by atoms with Crippen molar-refractivity contribution < 1.29 is 33.0 Å². The summed E-state index contributed by atoms with van der Waals surface area (Å²) in [7, 11) is 1.45. The number of anilines is 1. The highest BCUT2D eigenvalue weighted by Crippen LogP contribution is 2.30. The third-order valence-electron chi connectivity index (χ3n) is 4.31. The Morgan fingerprint density at radius 1 is 1.03 bits per heavy atom. The van der Waals surface area contributed by atoms with Gasteiger partial charge in [0.1, 0.15) is 11.5 Å². The molecular weight excluding hydrogens is 458 g/mol. The first-order valence-corrected chi connectivity index (χ1v) is 9.76. The van der Waals surface area contributed by atoms with Crippen LogP contribution >= 0.6 is 11.6 Å². The molecule has 0 aliphatic carbocycles. The van der Waals surface area contributed by atoms with E-state index in [1.165, 1.54) is 49.0 Å². The van der Waals surface area contributed by atoms with Gasteiger partial charge in [-0.15, -0.1) is 0 Å². The summed E-state index contributed by atoms with van der Waals surface area (Å²) >= 11 is 5.77. The Morgan fingerprint density at radius 3 is 2.55 bits per heavy atom. The topological polar surface area (TPSA) is 85.9 Å². The number of halogens is 3. The number of hydrogen-bond acceptors (Lipinski definition) is 5. The van der Waals surface area contributed by atoms with Crippen LogP contribution in [0.4, 0.5) is 14.6 Å². The van der Waals surface area contributed by atoms with E-state index >= 15 is 0 Å². The number of methoxy groups -OCH3 is 1. The maximum atomic E-state index is 14.2. The van der Waals surface area contributed by atoms with Gasteiger partial charge in [-0.25, -0.2) is 4.39 Å². The van der Waals surface area contributed by atoms with E-state index in [1.54, 1.807) is 24.3 Å². The van der Waals surface area contributed by atoms with Crippen LogP contribution in [0.3, 0.4) is 0 Å². The van der Waals surface area contributed by atoms with Crippen LogP contribution in [0, 0.1) is 5.82 Å². The minimum absolute atomic E-state index is 0.106. The van der Waals surface area contributed by atoms with E-state index in [0.29, 0.717) is 11.3 Å². The molecule has 2 N–H and O–H groups in total. The third kappa shape index (κ3) is 6.28. The van der Waals surface area contributed by atoms with Crippen molar-refractivity contribution in [1.82, 2.24) is 5.48 Å². The second kappa shape index (κ2) is 11.1. The first-order chi connectivity index (χ1) is 15.9. The smallest absolute Gasteiger partial charge is 0.270 e. The van der Waals surface area contributed by atoms with Crippen molar-refractivity contribution in [3.05, 3.63) is 88.7 Å². The Bertz CT molecular complexity index is 1200. The monoisotopic (exact) mass is 474 g/mol. The van der Waals surface area contributed by atoms with Gasteiger partial charge in [0.2, 0.25) is 0 Å². The van der Waals surface area contributed by atoms with Crippen molar-refractivity contribution >= 4 is 35.2 Å². The third-order valence-corrected chi connectivity index (χ3v) is 4.54. The molecule has 170 valence electrons. The molecule has 7 nitrogen and oxygen atoms in total. The molecule has 3 rings (SSSR count). The lowest BCUT2D eigenvalue weighted by Gasteiger charge is -2.14. The number of rotatable bonds is 8. The van der Waals surface area contributed by atoms with Gasteiger partial charge in [0.15, 0.2) is 11.6 Å². The summed E-state index contributed by atoms with van der Waals surface area (Å²) in [5.74, 6) is -1.67. The first kappa shape index (κ1) is 23.7. The fourth-order valence-electron chi connectivity index (χ4n) is 2.76. The van der Waals surface area contributed by atoms with E-state index < -0.39 is 17.6 Å². The van der Waals surface area contributed by atoms with Gasteiger partial charge in [-0.3, -0.25) is 9.59 Å². The van der Waals surface area contributed by atoms with Crippen LogP contribution in [0.1, 0.15) is 15.9 Å². The van der Waals surface area contributed by atoms with Crippen LogP contribution < -0.4 is 20.3 Å². The van der Waals surface area contributed by atoms with Crippen LogP contribution in [0.15, 0.2) is 66.7 Å². The molecule has 0 bridgehead atoms. The Hall–Kier alpha value is -3.95. The van der Waals surface area contributed by atoms with Gasteiger partial charge in [0.25, 0.3) is 11.8 Å². The highest BCUT2D eigenvalue weighted by molar-refractivity contribution is 6.30. The number of carbonyl (C=O) groups excluding carboxylic acids is 2. The predicted molar refractivity (Wildman–Crippen MR) is 118 cm³/mol. The van der Waals surface area contributed by atoms with E-state index in [4.69, 9.17) is 21.1 Å². The van der Waals surface area contributed by atoms with E-state index in [2.05, 4.69) is 10.4 Å². The van der Waals surface area contributed by atoms with Gasteiger partial charge >= 0.3 is 0 Å². The molecule has 0 fully saturated rings. The number of ether oxygens (including phenoxy) is 2. The zero-order valence-corrected chi connectivity index (χ0v) is 17.9. The van der Waals surface area contributed by atoms with Gasteiger partial charge in [0.05, 0.1) is 18.4 Å². The molecule has 0 aliphatic rings. The molecular formula is C23H17ClF2N2O5. The summed E-state index contributed by atoms with van der Waals surface area (Å²) in [4.78, 5) is 24.5. The zero-order chi connectivity index (χ0) is 23.8. The fourth-order valence-corrected chi connectivity index (χ4v) is 2.92. The lowest BCUT2D eigenvalue weighted by Crippen LogP contribution is -2.17. The highest BCUT2D eigenvalue weighted by Gasteiger charge is 2.16. The lowest BCUT2D eigenvalue weighted by atomic mass is 10.1. The predicted octanol–water partition coefficient (Wildman–Crippen LogP) is 5.48. The standard InChI is InChI=1S/C23H17ClF2N2O5/c1-31-16-9-6-14(7-11-22(29)28-33-26)19(13-16)27-23(30)17-4-2-3-5-20(17)32-21-10-8-15(24)12-18(21)25/h2-13H,1H3,(H,27,30)(H,28,29)/b11-7+. The minimum atomic E-state index is -0.852. The SMILES string of the molecule is COc1ccc(/C=C/C(=O)NOF)c(NC(=O)c2ccccc2Oc2ccc(Cl)cc2F)c1.